The van der Waals surface area contributed by atoms with E-state index in [4.69, 9.17) is 9.47 Å². The van der Waals surface area contributed by atoms with Gasteiger partial charge >= 0.3 is 0 Å². The van der Waals surface area contributed by atoms with Crippen molar-refractivity contribution in [2.75, 3.05) is 24.2 Å². The largest absolute Gasteiger partial charge is 0.497 e. The lowest BCUT2D eigenvalue weighted by molar-refractivity contribution is 0.340. The third-order valence-corrected chi connectivity index (χ3v) is 4.81. The first-order valence-electron chi connectivity index (χ1n) is 7.68. The summed E-state index contributed by atoms with van der Waals surface area (Å²) in [6, 6.07) is 16.0. The molecule has 6 nitrogen and oxygen atoms in total. The standard InChI is InChI=1S/C18H18N2O4S/c1-23-15-7-9-16(10-8-15)24-12-13-25(21,22)20-17-6-2-4-14-5-3-11-19-18(14)17/h2-11,20H,12-13H2,1H3. The first kappa shape index (κ1) is 17.0. The molecule has 3 aromatic rings. The van der Waals surface area contributed by atoms with E-state index in [0.717, 1.165) is 5.39 Å². The minimum Gasteiger partial charge on any atom is -0.497 e. The van der Waals surface area contributed by atoms with Crippen LogP contribution in [0.2, 0.25) is 0 Å². The van der Waals surface area contributed by atoms with Crippen LogP contribution in [0.15, 0.2) is 60.8 Å². The average molecular weight is 358 g/mol. The fraction of sp³-hybridized carbons (Fsp3) is 0.167. The number of ether oxygens (including phenoxy) is 2. The van der Waals surface area contributed by atoms with Crippen LogP contribution >= 0.6 is 0 Å². The minimum absolute atomic E-state index is 0.0415. The Morgan fingerprint density at radius 1 is 1.00 bits per heavy atom. The van der Waals surface area contributed by atoms with E-state index in [9.17, 15) is 8.42 Å². The molecule has 1 N–H and O–H groups in total. The quantitative estimate of drug-likeness (QED) is 0.702. The molecule has 1 heterocycles. The number of nitrogens with zero attached hydrogens (tertiary/aromatic N) is 1. The first-order chi connectivity index (χ1) is 12.1. The summed E-state index contributed by atoms with van der Waals surface area (Å²) in [4.78, 5) is 4.24. The molecule has 0 unspecified atom stereocenters. The number of aromatic nitrogens is 1. The van der Waals surface area contributed by atoms with Crippen molar-refractivity contribution in [3.8, 4) is 11.5 Å². The van der Waals surface area contributed by atoms with Gasteiger partial charge in [0.1, 0.15) is 23.9 Å². The number of benzene rings is 2. The van der Waals surface area contributed by atoms with Crippen molar-refractivity contribution in [1.82, 2.24) is 4.98 Å². The van der Waals surface area contributed by atoms with Crippen molar-refractivity contribution >= 4 is 26.6 Å². The maximum atomic E-state index is 12.3. The molecular weight excluding hydrogens is 340 g/mol. The number of methoxy groups -OCH3 is 1. The molecule has 1 aromatic heterocycles. The van der Waals surface area contributed by atoms with Gasteiger partial charge < -0.3 is 9.47 Å². The van der Waals surface area contributed by atoms with Crippen molar-refractivity contribution in [1.29, 1.82) is 0 Å². The Morgan fingerprint density at radius 3 is 2.48 bits per heavy atom. The summed E-state index contributed by atoms with van der Waals surface area (Å²) >= 11 is 0. The van der Waals surface area contributed by atoms with E-state index in [2.05, 4.69) is 9.71 Å². The predicted octanol–water partition coefficient (Wildman–Crippen LogP) is 3.06. The highest BCUT2D eigenvalue weighted by Gasteiger charge is 2.13. The molecule has 0 fully saturated rings. The number of fused-ring (bicyclic) bond motifs is 1. The average Bonchev–Trinajstić information content (AvgIpc) is 2.62. The summed E-state index contributed by atoms with van der Waals surface area (Å²) in [6.07, 6.45) is 1.63. The molecule has 0 amide bonds. The third kappa shape index (κ3) is 4.39. The lowest BCUT2D eigenvalue weighted by atomic mass is 10.2. The van der Waals surface area contributed by atoms with Gasteiger partial charge in [0, 0.05) is 11.6 Å². The van der Waals surface area contributed by atoms with Crippen LogP contribution in [0.25, 0.3) is 10.9 Å². The summed E-state index contributed by atoms with van der Waals surface area (Å²) in [5, 5.41) is 0.872. The number of rotatable bonds is 7. The van der Waals surface area contributed by atoms with Crippen LogP contribution in [0.5, 0.6) is 11.5 Å². The summed E-state index contributed by atoms with van der Waals surface area (Å²) in [5.41, 5.74) is 1.08. The van der Waals surface area contributed by atoms with Crippen molar-refractivity contribution < 1.29 is 17.9 Å². The van der Waals surface area contributed by atoms with Gasteiger partial charge in [-0.25, -0.2) is 8.42 Å². The normalized spacial score (nSPS) is 11.2. The summed E-state index contributed by atoms with van der Waals surface area (Å²) in [6.45, 7) is 0.0415. The number of para-hydroxylation sites is 1. The lowest BCUT2D eigenvalue weighted by Crippen LogP contribution is -2.21. The van der Waals surface area contributed by atoms with Crippen LogP contribution in [0.4, 0.5) is 5.69 Å². The molecule has 130 valence electrons. The van der Waals surface area contributed by atoms with Gasteiger partial charge in [-0.05, 0) is 36.4 Å². The van der Waals surface area contributed by atoms with Gasteiger partial charge in [-0.1, -0.05) is 18.2 Å². The summed E-state index contributed by atoms with van der Waals surface area (Å²) < 4.78 is 37.7. The summed E-state index contributed by atoms with van der Waals surface area (Å²) in [7, 11) is -1.97. The van der Waals surface area contributed by atoms with Gasteiger partial charge in [0.05, 0.1) is 18.3 Å². The molecule has 0 aliphatic carbocycles. The molecule has 0 saturated heterocycles. The Balaban J connectivity index is 1.63. The first-order valence-corrected chi connectivity index (χ1v) is 9.34. The highest BCUT2D eigenvalue weighted by atomic mass is 32.2. The predicted molar refractivity (Wildman–Crippen MR) is 97.6 cm³/mol. The second kappa shape index (κ2) is 7.40. The van der Waals surface area contributed by atoms with E-state index in [1.807, 2.05) is 18.2 Å². The number of hydrogen-bond acceptors (Lipinski definition) is 5. The molecule has 0 aliphatic heterocycles. The van der Waals surface area contributed by atoms with Crippen molar-refractivity contribution in [2.24, 2.45) is 0 Å². The maximum Gasteiger partial charge on any atom is 0.236 e. The highest BCUT2D eigenvalue weighted by molar-refractivity contribution is 7.92. The Bertz CT molecular complexity index is 951. The van der Waals surface area contributed by atoms with E-state index in [0.29, 0.717) is 22.7 Å². The molecular formula is C18H18N2O4S. The Hall–Kier alpha value is -2.80. The van der Waals surface area contributed by atoms with Gasteiger partial charge in [-0.3, -0.25) is 9.71 Å². The fourth-order valence-corrected chi connectivity index (χ4v) is 3.25. The fourth-order valence-electron chi connectivity index (χ4n) is 2.35. The Labute approximate surface area is 146 Å². The zero-order chi connectivity index (χ0) is 17.7. The minimum atomic E-state index is -3.55. The smallest absolute Gasteiger partial charge is 0.236 e. The van der Waals surface area contributed by atoms with Gasteiger partial charge in [-0.2, -0.15) is 0 Å². The molecule has 7 heteroatoms. The zero-order valence-electron chi connectivity index (χ0n) is 13.7. The lowest BCUT2D eigenvalue weighted by Gasteiger charge is -2.11. The Kier molecular flexibility index (Phi) is 5.04. The van der Waals surface area contributed by atoms with Crippen molar-refractivity contribution in [3.63, 3.8) is 0 Å². The van der Waals surface area contributed by atoms with Crippen LogP contribution in [0.1, 0.15) is 0 Å². The second-order valence-electron chi connectivity index (χ2n) is 5.33. The van der Waals surface area contributed by atoms with Crippen molar-refractivity contribution in [3.05, 3.63) is 60.8 Å². The number of hydrogen-bond donors (Lipinski definition) is 1. The molecule has 0 atom stereocenters. The van der Waals surface area contributed by atoms with Crippen LogP contribution in [0, 0.1) is 0 Å². The Morgan fingerprint density at radius 2 is 1.72 bits per heavy atom. The maximum absolute atomic E-state index is 12.3. The van der Waals surface area contributed by atoms with Crippen molar-refractivity contribution in [2.45, 2.75) is 0 Å². The molecule has 25 heavy (non-hydrogen) atoms. The zero-order valence-corrected chi connectivity index (χ0v) is 14.5. The topological polar surface area (TPSA) is 77.5 Å². The summed E-state index contributed by atoms with van der Waals surface area (Å²) in [5.74, 6) is 1.13. The molecule has 3 rings (SSSR count). The molecule has 2 aromatic carbocycles. The molecule has 0 radical (unpaired) electrons. The van der Waals surface area contributed by atoms with E-state index in [1.165, 1.54) is 0 Å². The molecule has 0 bridgehead atoms. The SMILES string of the molecule is COc1ccc(OCCS(=O)(=O)Nc2cccc3cccnc23)cc1. The number of pyridine rings is 1. The monoisotopic (exact) mass is 358 g/mol. The van der Waals surface area contributed by atoms with Crippen LogP contribution in [-0.4, -0.2) is 32.9 Å². The van der Waals surface area contributed by atoms with Crippen LogP contribution in [-0.2, 0) is 10.0 Å². The van der Waals surface area contributed by atoms with Gasteiger partial charge in [-0.15, -0.1) is 0 Å². The third-order valence-electron chi connectivity index (χ3n) is 3.58. The highest BCUT2D eigenvalue weighted by Crippen LogP contribution is 2.22. The molecule has 0 aliphatic rings. The van der Waals surface area contributed by atoms with E-state index in [-0.39, 0.29) is 12.4 Å². The van der Waals surface area contributed by atoms with E-state index < -0.39 is 10.0 Å². The van der Waals surface area contributed by atoms with Gasteiger partial charge in [0.2, 0.25) is 10.0 Å². The van der Waals surface area contributed by atoms with E-state index >= 15 is 0 Å². The number of sulfonamides is 1. The van der Waals surface area contributed by atoms with Gasteiger partial charge in [0.25, 0.3) is 0 Å². The number of anilines is 1. The molecule has 0 spiro atoms. The van der Waals surface area contributed by atoms with Crippen LogP contribution in [0.3, 0.4) is 0 Å². The molecule has 0 saturated carbocycles. The second-order valence-corrected chi connectivity index (χ2v) is 7.17. The van der Waals surface area contributed by atoms with Crippen LogP contribution < -0.4 is 14.2 Å². The van der Waals surface area contributed by atoms with Gasteiger partial charge in [0.15, 0.2) is 0 Å². The van der Waals surface area contributed by atoms with E-state index in [1.54, 1.807) is 49.7 Å². The number of nitrogens with one attached hydrogen (secondary N) is 1.